The van der Waals surface area contributed by atoms with Crippen molar-refractivity contribution in [2.75, 3.05) is 0 Å². The molecule has 1 atom stereocenters. The van der Waals surface area contributed by atoms with E-state index in [1.807, 2.05) is 31.2 Å². The normalized spacial score (nSPS) is 12.4. The van der Waals surface area contributed by atoms with Gasteiger partial charge < -0.3 is 0 Å². The summed E-state index contributed by atoms with van der Waals surface area (Å²) in [7, 11) is 0. The maximum absolute atomic E-state index is 13.2. The summed E-state index contributed by atoms with van der Waals surface area (Å²) in [5.41, 5.74) is 5.19. The molecule has 3 N–H and O–H groups in total. The lowest BCUT2D eigenvalue weighted by molar-refractivity contribution is 0.504. The van der Waals surface area contributed by atoms with E-state index in [-0.39, 0.29) is 6.04 Å². The van der Waals surface area contributed by atoms with Crippen molar-refractivity contribution in [1.29, 1.82) is 0 Å². The van der Waals surface area contributed by atoms with Gasteiger partial charge in [-0.3, -0.25) is 5.84 Å². The van der Waals surface area contributed by atoms with Crippen molar-refractivity contribution in [1.82, 2.24) is 5.43 Å². The lowest BCUT2D eigenvalue weighted by Gasteiger charge is -2.19. The zero-order chi connectivity index (χ0) is 13.1. The zero-order valence-electron chi connectivity index (χ0n) is 9.95. The van der Waals surface area contributed by atoms with E-state index in [2.05, 4.69) is 5.43 Å². The molecular formula is C14H14F2N2. The lowest BCUT2D eigenvalue weighted by atomic mass is 9.95. The highest BCUT2D eigenvalue weighted by Gasteiger charge is 2.15. The summed E-state index contributed by atoms with van der Waals surface area (Å²) in [4.78, 5) is 0. The minimum Gasteiger partial charge on any atom is -0.271 e. The van der Waals surface area contributed by atoms with Gasteiger partial charge in [0.05, 0.1) is 6.04 Å². The quantitative estimate of drug-likeness (QED) is 0.647. The second-order valence-electron chi connectivity index (χ2n) is 4.13. The Hall–Kier alpha value is -1.78. The van der Waals surface area contributed by atoms with Gasteiger partial charge in [-0.25, -0.2) is 14.2 Å². The third kappa shape index (κ3) is 2.39. The number of aryl methyl sites for hydroxylation is 1. The lowest BCUT2D eigenvalue weighted by Crippen LogP contribution is -2.29. The molecule has 4 heteroatoms. The fourth-order valence-electron chi connectivity index (χ4n) is 1.97. The Morgan fingerprint density at radius 1 is 1.06 bits per heavy atom. The van der Waals surface area contributed by atoms with Crippen LogP contribution in [0.1, 0.15) is 22.7 Å². The molecule has 2 aromatic carbocycles. The van der Waals surface area contributed by atoms with Crippen molar-refractivity contribution < 1.29 is 8.78 Å². The summed E-state index contributed by atoms with van der Waals surface area (Å²) < 4.78 is 26.2. The molecule has 0 amide bonds. The molecule has 0 aromatic heterocycles. The third-order valence-electron chi connectivity index (χ3n) is 2.94. The van der Waals surface area contributed by atoms with Crippen LogP contribution in [0.4, 0.5) is 8.78 Å². The Bertz CT molecular complexity index is 555. The maximum Gasteiger partial charge on any atom is 0.159 e. The van der Waals surface area contributed by atoms with Gasteiger partial charge in [-0.1, -0.05) is 30.3 Å². The van der Waals surface area contributed by atoms with Gasteiger partial charge in [-0.2, -0.15) is 0 Å². The molecule has 0 bridgehead atoms. The predicted octanol–water partition coefficient (Wildman–Crippen LogP) is 2.83. The Kier molecular flexibility index (Phi) is 3.69. The minimum atomic E-state index is -0.874. The summed E-state index contributed by atoms with van der Waals surface area (Å²) in [6.45, 7) is 1.94. The van der Waals surface area contributed by atoms with Crippen LogP contribution in [0, 0.1) is 18.6 Å². The van der Waals surface area contributed by atoms with Crippen LogP contribution in [-0.2, 0) is 0 Å². The van der Waals surface area contributed by atoms with E-state index < -0.39 is 11.6 Å². The summed E-state index contributed by atoms with van der Waals surface area (Å²) in [5.74, 6) is 3.79. The number of benzene rings is 2. The Morgan fingerprint density at radius 3 is 2.39 bits per heavy atom. The molecule has 0 saturated carbocycles. The molecule has 0 aliphatic heterocycles. The van der Waals surface area contributed by atoms with Crippen LogP contribution < -0.4 is 11.3 Å². The van der Waals surface area contributed by atoms with Crippen LogP contribution in [0.15, 0.2) is 42.5 Å². The highest BCUT2D eigenvalue weighted by Crippen LogP contribution is 2.25. The minimum absolute atomic E-state index is 0.360. The number of hydrogen-bond donors (Lipinski definition) is 2. The van der Waals surface area contributed by atoms with Gasteiger partial charge in [0.15, 0.2) is 11.6 Å². The monoisotopic (exact) mass is 248 g/mol. The van der Waals surface area contributed by atoms with Gasteiger partial charge in [0.25, 0.3) is 0 Å². The summed E-state index contributed by atoms with van der Waals surface area (Å²) >= 11 is 0. The van der Waals surface area contributed by atoms with Gasteiger partial charge in [0.2, 0.25) is 0 Å². The van der Waals surface area contributed by atoms with Gasteiger partial charge in [-0.15, -0.1) is 0 Å². The highest BCUT2D eigenvalue weighted by atomic mass is 19.2. The molecular weight excluding hydrogens is 234 g/mol. The van der Waals surface area contributed by atoms with Gasteiger partial charge in [0.1, 0.15) is 0 Å². The van der Waals surface area contributed by atoms with E-state index in [9.17, 15) is 8.78 Å². The van der Waals surface area contributed by atoms with E-state index in [1.54, 1.807) is 0 Å². The van der Waals surface area contributed by atoms with E-state index in [4.69, 9.17) is 5.84 Å². The standard InChI is InChI=1S/C14H14F2N2/c1-9-4-2-3-5-11(9)14(18-17)10-6-7-12(15)13(16)8-10/h2-8,14,18H,17H2,1H3. The Morgan fingerprint density at radius 2 is 1.78 bits per heavy atom. The fourth-order valence-corrected chi connectivity index (χ4v) is 1.97. The molecule has 0 saturated heterocycles. The molecule has 2 aromatic rings. The molecule has 0 heterocycles. The van der Waals surface area contributed by atoms with Crippen LogP contribution >= 0.6 is 0 Å². The molecule has 0 aliphatic carbocycles. The van der Waals surface area contributed by atoms with E-state index in [0.29, 0.717) is 5.56 Å². The number of rotatable bonds is 3. The van der Waals surface area contributed by atoms with Crippen LogP contribution in [0.25, 0.3) is 0 Å². The summed E-state index contributed by atoms with van der Waals surface area (Å²) in [6.07, 6.45) is 0. The molecule has 1 unspecified atom stereocenters. The van der Waals surface area contributed by atoms with E-state index in [0.717, 1.165) is 23.3 Å². The second kappa shape index (κ2) is 5.25. The van der Waals surface area contributed by atoms with Gasteiger partial charge in [-0.05, 0) is 35.7 Å². The molecule has 18 heavy (non-hydrogen) atoms. The summed E-state index contributed by atoms with van der Waals surface area (Å²) in [6, 6.07) is 11.1. The van der Waals surface area contributed by atoms with Crippen molar-refractivity contribution in [3.8, 4) is 0 Å². The molecule has 94 valence electrons. The van der Waals surface area contributed by atoms with Gasteiger partial charge in [0, 0.05) is 0 Å². The van der Waals surface area contributed by atoms with Crippen LogP contribution in [-0.4, -0.2) is 0 Å². The summed E-state index contributed by atoms with van der Waals surface area (Å²) in [5, 5.41) is 0. The zero-order valence-corrected chi connectivity index (χ0v) is 9.95. The average Bonchev–Trinajstić information content (AvgIpc) is 2.37. The highest BCUT2D eigenvalue weighted by molar-refractivity contribution is 5.36. The first-order valence-electron chi connectivity index (χ1n) is 5.60. The second-order valence-corrected chi connectivity index (χ2v) is 4.13. The SMILES string of the molecule is Cc1ccccc1C(NN)c1ccc(F)c(F)c1. The largest absolute Gasteiger partial charge is 0.271 e. The average molecular weight is 248 g/mol. The molecule has 0 fully saturated rings. The van der Waals surface area contributed by atoms with Crippen molar-refractivity contribution in [3.05, 3.63) is 70.8 Å². The van der Waals surface area contributed by atoms with Crippen molar-refractivity contribution in [2.45, 2.75) is 13.0 Å². The molecule has 2 rings (SSSR count). The van der Waals surface area contributed by atoms with Crippen LogP contribution in [0.5, 0.6) is 0 Å². The molecule has 2 nitrogen and oxygen atoms in total. The topological polar surface area (TPSA) is 38.0 Å². The van der Waals surface area contributed by atoms with Crippen LogP contribution in [0.2, 0.25) is 0 Å². The van der Waals surface area contributed by atoms with E-state index >= 15 is 0 Å². The van der Waals surface area contributed by atoms with E-state index in [1.165, 1.54) is 6.07 Å². The van der Waals surface area contributed by atoms with Crippen molar-refractivity contribution in [2.24, 2.45) is 5.84 Å². The number of hydrazine groups is 1. The first-order chi connectivity index (χ1) is 8.63. The first kappa shape index (κ1) is 12.7. The molecule has 0 spiro atoms. The first-order valence-corrected chi connectivity index (χ1v) is 5.60. The predicted molar refractivity (Wildman–Crippen MR) is 66.7 cm³/mol. The molecule has 0 aliphatic rings. The third-order valence-corrected chi connectivity index (χ3v) is 2.94. The fraction of sp³-hybridized carbons (Fsp3) is 0.143. The number of halogens is 2. The smallest absolute Gasteiger partial charge is 0.159 e. The number of nitrogens with one attached hydrogen (secondary N) is 1. The van der Waals surface area contributed by atoms with Crippen LogP contribution in [0.3, 0.4) is 0 Å². The number of hydrogen-bond acceptors (Lipinski definition) is 2. The van der Waals surface area contributed by atoms with Crippen molar-refractivity contribution in [3.63, 3.8) is 0 Å². The number of nitrogens with two attached hydrogens (primary N) is 1. The maximum atomic E-state index is 13.2. The Balaban J connectivity index is 2.45. The Labute approximate surface area is 104 Å². The molecule has 0 radical (unpaired) electrons. The van der Waals surface area contributed by atoms with Gasteiger partial charge >= 0.3 is 0 Å². The van der Waals surface area contributed by atoms with Crippen molar-refractivity contribution >= 4 is 0 Å².